The van der Waals surface area contributed by atoms with Gasteiger partial charge in [0.25, 0.3) is 0 Å². The highest BCUT2D eigenvalue weighted by Crippen LogP contribution is 2.31. The van der Waals surface area contributed by atoms with Gasteiger partial charge in [-0.2, -0.15) is 5.26 Å². The van der Waals surface area contributed by atoms with Gasteiger partial charge in [0.05, 0.1) is 11.6 Å². The van der Waals surface area contributed by atoms with Crippen LogP contribution in [0.1, 0.15) is 31.7 Å². The molecule has 0 radical (unpaired) electrons. The van der Waals surface area contributed by atoms with Gasteiger partial charge in [0.15, 0.2) is 0 Å². The van der Waals surface area contributed by atoms with E-state index in [4.69, 9.17) is 16.9 Å². The number of hydrogen-bond donors (Lipinski definition) is 0. The number of rotatable bonds is 3. The smallest absolute Gasteiger partial charge is 0.245 e. The molecule has 1 aliphatic rings. The first-order chi connectivity index (χ1) is 8.63. The minimum Gasteiger partial charge on any atom is -0.308 e. The highest BCUT2D eigenvalue weighted by atomic mass is 35.5. The third kappa shape index (κ3) is 2.49. The van der Waals surface area contributed by atoms with Gasteiger partial charge in [-0.15, -0.1) is 11.6 Å². The van der Waals surface area contributed by atoms with Crippen LogP contribution in [0.15, 0.2) is 24.3 Å². The lowest BCUT2D eigenvalue weighted by Gasteiger charge is -2.38. The van der Waals surface area contributed by atoms with Gasteiger partial charge in [0.1, 0.15) is 5.38 Å². The average molecular weight is 263 g/mol. The Hall–Kier alpha value is -1.53. The van der Waals surface area contributed by atoms with Gasteiger partial charge in [0.2, 0.25) is 5.91 Å². The first-order valence-electron chi connectivity index (χ1n) is 6.11. The zero-order valence-electron chi connectivity index (χ0n) is 10.3. The van der Waals surface area contributed by atoms with Crippen molar-refractivity contribution in [3.8, 4) is 6.07 Å². The molecular formula is C14H15ClN2O. The Labute approximate surface area is 112 Å². The van der Waals surface area contributed by atoms with Crippen LogP contribution in [0.25, 0.3) is 0 Å². The Morgan fingerprint density at radius 3 is 2.78 bits per heavy atom. The van der Waals surface area contributed by atoms with Gasteiger partial charge in [-0.25, -0.2) is 0 Å². The number of halogens is 1. The topological polar surface area (TPSA) is 44.1 Å². The molecule has 94 valence electrons. The van der Waals surface area contributed by atoms with Crippen LogP contribution in [0.3, 0.4) is 0 Å². The summed E-state index contributed by atoms with van der Waals surface area (Å²) in [6, 6.07) is 9.46. The number of nitriles is 1. The fourth-order valence-electron chi connectivity index (χ4n) is 2.08. The minimum absolute atomic E-state index is 0.0866. The fraction of sp³-hybridized carbons (Fsp3) is 0.429. The van der Waals surface area contributed by atoms with E-state index in [2.05, 4.69) is 6.07 Å². The number of carbonyl (C=O) groups is 1. The largest absolute Gasteiger partial charge is 0.308 e. The van der Waals surface area contributed by atoms with Gasteiger partial charge >= 0.3 is 0 Å². The Morgan fingerprint density at radius 2 is 2.28 bits per heavy atom. The van der Waals surface area contributed by atoms with Crippen LogP contribution in [-0.2, 0) is 4.79 Å². The Bertz CT molecular complexity index is 489. The molecule has 0 spiro atoms. The number of carbonyl (C=O) groups excluding carboxylic acids is 1. The predicted molar refractivity (Wildman–Crippen MR) is 71.6 cm³/mol. The average Bonchev–Trinajstić information content (AvgIpc) is 2.32. The van der Waals surface area contributed by atoms with Crippen molar-refractivity contribution in [2.45, 2.75) is 37.6 Å². The van der Waals surface area contributed by atoms with Gasteiger partial charge in [-0.3, -0.25) is 4.79 Å². The monoisotopic (exact) mass is 262 g/mol. The van der Waals surface area contributed by atoms with Crippen molar-refractivity contribution in [2.24, 2.45) is 0 Å². The molecule has 4 heteroatoms. The second-order valence-corrected chi connectivity index (χ2v) is 5.23. The van der Waals surface area contributed by atoms with Crippen LogP contribution in [0.2, 0.25) is 0 Å². The molecule has 1 unspecified atom stereocenters. The molecule has 0 heterocycles. The summed E-state index contributed by atoms with van der Waals surface area (Å²) in [5.41, 5.74) is 1.34. The summed E-state index contributed by atoms with van der Waals surface area (Å²) in [5.74, 6) is -0.0866. The number of alkyl halides is 1. The number of nitrogens with zero attached hydrogens (tertiary/aromatic N) is 2. The van der Waals surface area contributed by atoms with E-state index in [0.717, 1.165) is 24.9 Å². The van der Waals surface area contributed by atoms with Gasteiger partial charge in [-0.05, 0) is 44.4 Å². The molecule has 1 fully saturated rings. The molecule has 1 aromatic rings. The zero-order valence-corrected chi connectivity index (χ0v) is 11.0. The number of benzene rings is 1. The second-order valence-electron chi connectivity index (χ2n) is 4.57. The molecule has 3 nitrogen and oxygen atoms in total. The van der Waals surface area contributed by atoms with Crippen LogP contribution in [-0.4, -0.2) is 17.3 Å². The summed E-state index contributed by atoms with van der Waals surface area (Å²) in [6.07, 6.45) is 3.15. The van der Waals surface area contributed by atoms with Crippen molar-refractivity contribution in [3.05, 3.63) is 29.8 Å². The molecule has 0 aromatic heterocycles. The molecule has 2 rings (SSSR count). The molecule has 18 heavy (non-hydrogen) atoms. The van der Waals surface area contributed by atoms with Crippen LogP contribution in [0, 0.1) is 11.3 Å². The maximum Gasteiger partial charge on any atom is 0.245 e. The molecule has 0 saturated heterocycles. The van der Waals surface area contributed by atoms with Gasteiger partial charge < -0.3 is 4.90 Å². The summed E-state index contributed by atoms with van der Waals surface area (Å²) in [4.78, 5) is 13.9. The first-order valence-corrected chi connectivity index (χ1v) is 6.54. The maximum atomic E-state index is 12.2. The summed E-state index contributed by atoms with van der Waals surface area (Å²) < 4.78 is 0. The van der Waals surface area contributed by atoms with E-state index in [1.807, 2.05) is 6.07 Å². The normalized spacial score (nSPS) is 16.5. The van der Waals surface area contributed by atoms with E-state index in [0.29, 0.717) is 5.56 Å². The van der Waals surface area contributed by atoms with Crippen molar-refractivity contribution >= 4 is 23.2 Å². The first kappa shape index (κ1) is 12.9. The minimum atomic E-state index is -0.545. The van der Waals surface area contributed by atoms with Crippen molar-refractivity contribution in [3.63, 3.8) is 0 Å². The Balaban J connectivity index is 2.33. The molecule has 0 aliphatic heterocycles. The highest BCUT2D eigenvalue weighted by molar-refractivity contribution is 6.32. The molecule has 0 N–H and O–H groups in total. The lowest BCUT2D eigenvalue weighted by Crippen LogP contribution is -2.47. The summed E-state index contributed by atoms with van der Waals surface area (Å²) >= 11 is 5.92. The van der Waals surface area contributed by atoms with Crippen LogP contribution >= 0.6 is 11.6 Å². The fourth-order valence-corrected chi connectivity index (χ4v) is 2.18. The van der Waals surface area contributed by atoms with E-state index in [1.54, 1.807) is 30.0 Å². The quantitative estimate of drug-likeness (QED) is 0.786. The SMILES string of the molecule is CC(Cl)C(=O)N(c1cccc(C#N)c1)C1CCC1. The molecular weight excluding hydrogens is 248 g/mol. The summed E-state index contributed by atoms with van der Waals surface area (Å²) in [5, 5.41) is 8.38. The van der Waals surface area contributed by atoms with Gasteiger partial charge in [0, 0.05) is 11.7 Å². The van der Waals surface area contributed by atoms with Crippen LogP contribution < -0.4 is 4.90 Å². The molecule has 1 amide bonds. The molecule has 1 aliphatic carbocycles. The highest BCUT2D eigenvalue weighted by Gasteiger charge is 2.31. The maximum absolute atomic E-state index is 12.2. The predicted octanol–water partition coefficient (Wildman–Crippen LogP) is 3.07. The third-order valence-electron chi connectivity index (χ3n) is 3.27. The van der Waals surface area contributed by atoms with E-state index in [1.165, 1.54) is 0 Å². The Kier molecular flexibility index (Phi) is 3.88. The van der Waals surface area contributed by atoms with E-state index >= 15 is 0 Å². The zero-order chi connectivity index (χ0) is 13.1. The standard InChI is InChI=1S/C14H15ClN2O/c1-10(15)14(18)17(12-5-3-6-12)13-7-2-4-11(8-13)9-16/h2,4,7-8,10,12H,3,5-6H2,1H3. The molecule has 1 atom stereocenters. The van der Waals surface area contributed by atoms with E-state index < -0.39 is 5.38 Å². The van der Waals surface area contributed by atoms with Crippen molar-refractivity contribution in [1.29, 1.82) is 5.26 Å². The number of anilines is 1. The van der Waals surface area contributed by atoms with Crippen molar-refractivity contribution in [2.75, 3.05) is 4.90 Å². The van der Waals surface area contributed by atoms with Crippen molar-refractivity contribution < 1.29 is 4.79 Å². The second kappa shape index (κ2) is 5.41. The Morgan fingerprint density at radius 1 is 1.56 bits per heavy atom. The molecule has 1 saturated carbocycles. The third-order valence-corrected chi connectivity index (χ3v) is 3.46. The summed E-state index contributed by atoms with van der Waals surface area (Å²) in [6.45, 7) is 1.68. The van der Waals surface area contributed by atoms with Crippen molar-refractivity contribution in [1.82, 2.24) is 0 Å². The van der Waals surface area contributed by atoms with Crippen LogP contribution in [0.5, 0.6) is 0 Å². The van der Waals surface area contributed by atoms with E-state index in [-0.39, 0.29) is 11.9 Å². The number of hydrogen-bond acceptors (Lipinski definition) is 2. The van der Waals surface area contributed by atoms with Crippen LogP contribution in [0.4, 0.5) is 5.69 Å². The number of amides is 1. The lowest BCUT2D eigenvalue weighted by molar-refractivity contribution is -0.118. The molecule has 1 aromatic carbocycles. The lowest BCUT2D eigenvalue weighted by atomic mass is 9.90. The summed E-state index contributed by atoms with van der Waals surface area (Å²) in [7, 11) is 0. The van der Waals surface area contributed by atoms with E-state index in [9.17, 15) is 4.79 Å². The van der Waals surface area contributed by atoms with Gasteiger partial charge in [-0.1, -0.05) is 6.07 Å². The molecule has 0 bridgehead atoms.